The van der Waals surface area contributed by atoms with Gasteiger partial charge < -0.3 is 10.0 Å². The predicted octanol–water partition coefficient (Wildman–Crippen LogP) is 0.432. The van der Waals surface area contributed by atoms with Crippen molar-refractivity contribution in [2.75, 3.05) is 11.4 Å². The van der Waals surface area contributed by atoms with E-state index in [-0.39, 0.29) is 29.2 Å². The van der Waals surface area contributed by atoms with Gasteiger partial charge in [0.2, 0.25) is 15.9 Å². The van der Waals surface area contributed by atoms with Crippen LogP contribution in [0.15, 0.2) is 18.2 Å². The zero-order valence-corrected chi connectivity index (χ0v) is 11.7. The minimum absolute atomic E-state index is 0.0705. The minimum Gasteiger partial charge on any atom is -0.478 e. The van der Waals surface area contributed by atoms with E-state index in [1.807, 2.05) is 0 Å². The lowest BCUT2D eigenvalue weighted by Gasteiger charge is -2.18. The molecule has 108 valence electrons. The molecular formula is C11H11ClN2O5S. The van der Waals surface area contributed by atoms with Crippen molar-refractivity contribution in [3.8, 4) is 0 Å². The van der Waals surface area contributed by atoms with Crippen LogP contribution in [0.4, 0.5) is 5.69 Å². The second kappa shape index (κ2) is 5.04. The van der Waals surface area contributed by atoms with Crippen LogP contribution < -0.4 is 10.0 Å². The number of carboxylic acids is 1. The summed E-state index contributed by atoms with van der Waals surface area (Å²) in [5.74, 6) is -1.74. The van der Waals surface area contributed by atoms with Crippen LogP contribution in [0.5, 0.6) is 0 Å². The van der Waals surface area contributed by atoms with E-state index in [9.17, 15) is 18.0 Å². The van der Waals surface area contributed by atoms with Crippen molar-refractivity contribution >= 4 is 39.2 Å². The second-order valence-corrected chi connectivity index (χ2v) is 6.67. The van der Waals surface area contributed by atoms with Crippen LogP contribution in [0.3, 0.4) is 0 Å². The third kappa shape index (κ3) is 2.77. The largest absolute Gasteiger partial charge is 0.478 e. The maximum absolute atomic E-state index is 11.9. The van der Waals surface area contributed by atoms with Crippen molar-refractivity contribution in [1.29, 1.82) is 0 Å². The van der Waals surface area contributed by atoms with Crippen molar-refractivity contribution in [1.82, 2.24) is 0 Å². The standard InChI is InChI=1S/C11H11ClN2O5S/c12-6-1-2-8(11(16)17)9(3-6)14-5-7(4-10(14)15)20(13,18)19/h1-3,7H,4-5H2,(H,16,17)(H2,13,18,19). The Hall–Kier alpha value is -1.64. The number of nitrogens with two attached hydrogens (primary N) is 1. The van der Waals surface area contributed by atoms with Gasteiger partial charge in [0, 0.05) is 18.0 Å². The molecule has 1 aliphatic heterocycles. The average molecular weight is 319 g/mol. The minimum atomic E-state index is -3.86. The van der Waals surface area contributed by atoms with E-state index in [4.69, 9.17) is 21.8 Å². The highest BCUT2D eigenvalue weighted by Crippen LogP contribution is 2.30. The molecule has 1 aromatic carbocycles. The summed E-state index contributed by atoms with van der Waals surface area (Å²) in [5.41, 5.74) is -0.0565. The van der Waals surface area contributed by atoms with Gasteiger partial charge in [-0.1, -0.05) is 11.6 Å². The molecule has 1 saturated heterocycles. The van der Waals surface area contributed by atoms with E-state index < -0.39 is 27.1 Å². The van der Waals surface area contributed by atoms with Crippen LogP contribution in [-0.2, 0) is 14.8 Å². The molecule has 1 fully saturated rings. The van der Waals surface area contributed by atoms with Crippen LogP contribution in [0.1, 0.15) is 16.8 Å². The Morgan fingerprint density at radius 3 is 2.60 bits per heavy atom. The molecule has 1 unspecified atom stereocenters. The normalized spacial score (nSPS) is 19.4. The highest BCUT2D eigenvalue weighted by atomic mass is 35.5. The van der Waals surface area contributed by atoms with Gasteiger partial charge in [-0.25, -0.2) is 18.4 Å². The van der Waals surface area contributed by atoms with Gasteiger partial charge in [-0.2, -0.15) is 0 Å². The highest BCUT2D eigenvalue weighted by molar-refractivity contribution is 7.89. The Kier molecular flexibility index (Phi) is 3.72. The summed E-state index contributed by atoms with van der Waals surface area (Å²) in [6.45, 7) is -0.182. The van der Waals surface area contributed by atoms with Crippen molar-refractivity contribution < 1.29 is 23.1 Å². The van der Waals surface area contributed by atoms with Crippen LogP contribution in [0.25, 0.3) is 0 Å². The van der Waals surface area contributed by atoms with Crippen LogP contribution in [-0.4, -0.2) is 37.2 Å². The molecule has 1 heterocycles. The topological polar surface area (TPSA) is 118 Å². The maximum atomic E-state index is 11.9. The Morgan fingerprint density at radius 1 is 1.45 bits per heavy atom. The van der Waals surface area contributed by atoms with Gasteiger partial charge in [0.15, 0.2) is 0 Å². The summed E-state index contributed by atoms with van der Waals surface area (Å²) in [5, 5.41) is 13.3. The molecule has 0 bridgehead atoms. The Labute approximate surface area is 120 Å². The van der Waals surface area contributed by atoms with Crippen molar-refractivity contribution in [3.63, 3.8) is 0 Å². The summed E-state index contributed by atoms with van der Waals surface area (Å²) < 4.78 is 22.6. The molecule has 7 nitrogen and oxygen atoms in total. The summed E-state index contributed by atoms with van der Waals surface area (Å²) >= 11 is 5.80. The van der Waals surface area contributed by atoms with Gasteiger partial charge in [0.1, 0.15) is 5.25 Å². The number of hydrogen-bond acceptors (Lipinski definition) is 4. The number of halogens is 1. The van der Waals surface area contributed by atoms with Gasteiger partial charge in [0.05, 0.1) is 11.3 Å². The van der Waals surface area contributed by atoms with E-state index in [0.29, 0.717) is 0 Å². The molecule has 0 spiro atoms. The molecule has 1 atom stereocenters. The van der Waals surface area contributed by atoms with Crippen LogP contribution >= 0.6 is 11.6 Å². The Balaban J connectivity index is 2.45. The van der Waals surface area contributed by atoms with Gasteiger partial charge in [-0.05, 0) is 18.2 Å². The fourth-order valence-electron chi connectivity index (χ4n) is 2.04. The summed E-state index contributed by atoms with van der Waals surface area (Å²) in [6, 6.07) is 3.96. The summed E-state index contributed by atoms with van der Waals surface area (Å²) in [6.07, 6.45) is -0.273. The fourth-order valence-corrected chi connectivity index (χ4v) is 2.93. The molecule has 3 N–H and O–H groups in total. The molecule has 0 saturated carbocycles. The molecule has 1 aromatic rings. The number of carbonyl (C=O) groups is 2. The lowest BCUT2D eigenvalue weighted by atomic mass is 10.1. The molecular weight excluding hydrogens is 308 g/mol. The number of hydrogen-bond donors (Lipinski definition) is 2. The number of rotatable bonds is 3. The molecule has 2 rings (SSSR count). The number of amides is 1. The first-order valence-electron chi connectivity index (χ1n) is 5.55. The first-order valence-corrected chi connectivity index (χ1v) is 7.53. The quantitative estimate of drug-likeness (QED) is 0.838. The van der Waals surface area contributed by atoms with Crippen molar-refractivity contribution in [3.05, 3.63) is 28.8 Å². The predicted molar refractivity (Wildman–Crippen MR) is 72.3 cm³/mol. The van der Waals surface area contributed by atoms with E-state index >= 15 is 0 Å². The van der Waals surface area contributed by atoms with Gasteiger partial charge in [-0.3, -0.25) is 4.79 Å². The van der Waals surface area contributed by atoms with E-state index in [1.165, 1.54) is 18.2 Å². The lowest BCUT2D eigenvalue weighted by molar-refractivity contribution is -0.117. The smallest absolute Gasteiger partial charge is 0.337 e. The van der Waals surface area contributed by atoms with E-state index in [0.717, 1.165) is 4.90 Å². The fraction of sp³-hybridized carbons (Fsp3) is 0.273. The van der Waals surface area contributed by atoms with Gasteiger partial charge >= 0.3 is 5.97 Å². The number of carbonyl (C=O) groups excluding carboxylic acids is 1. The first kappa shape index (κ1) is 14.8. The lowest BCUT2D eigenvalue weighted by Crippen LogP contribution is -2.32. The number of benzene rings is 1. The maximum Gasteiger partial charge on any atom is 0.337 e. The Bertz CT molecular complexity index is 688. The average Bonchev–Trinajstić information content (AvgIpc) is 2.70. The Morgan fingerprint density at radius 2 is 2.10 bits per heavy atom. The number of carboxylic acid groups (broad SMARTS) is 1. The molecule has 1 amide bonds. The molecule has 0 aliphatic carbocycles. The summed E-state index contributed by atoms with van der Waals surface area (Å²) in [4.78, 5) is 24.1. The van der Waals surface area contributed by atoms with Crippen molar-refractivity contribution in [2.45, 2.75) is 11.7 Å². The number of primary sulfonamides is 1. The number of sulfonamides is 1. The number of nitrogens with zero attached hydrogens (tertiary/aromatic N) is 1. The molecule has 0 radical (unpaired) electrons. The van der Waals surface area contributed by atoms with E-state index in [1.54, 1.807) is 0 Å². The molecule has 20 heavy (non-hydrogen) atoms. The highest BCUT2D eigenvalue weighted by Gasteiger charge is 2.38. The third-order valence-corrected chi connectivity index (χ3v) is 4.52. The van der Waals surface area contributed by atoms with Crippen LogP contribution in [0, 0.1) is 0 Å². The number of anilines is 1. The summed E-state index contributed by atoms with van der Waals surface area (Å²) in [7, 11) is -3.86. The second-order valence-electron chi connectivity index (χ2n) is 4.39. The number of aromatic carboxylic acids is 1. The zero-order valence-electron chi connectivity index (χ0n) is 10.1. The molecule has 0 aromatic heterocycles. The SMILES string of the molecule is NS(=O)(=O)C1CC(=O)N(c2cc(Cl)ccc2C(=O)O)C1. The van der Waals surface area contributed by atoms with Crippen LogP contribution in [0.2, 0.25) is 5.02 Å². The van der Waals surface area contributed by atoms with E-state index in [2.05, 4.69) is 0 Å². The van der Waals surface area contributed by atoms with Gasteiger partial charge in [-0.15, -0.1) is 0 Å². The molecule has 1 aliphatic rings. The first-order chi connectivity index (χ1) is 9.20. The zero-order chi connectivity index (χ0) is 15.1. The molecule has 9 heteroatoms. The monoisotopic (exact) mass is 318 g/mol. The van der Waals surface area contributed by atoms with Crippen molar-refractivity contribution in [2.24, 2.45) is 5.14 Å². The third-order valence-electron chi connectivity index (χ3n) is 3.04. The van der Waals surface area contributed by atoms with Gasteiger partial charge in [0.25, 0.3) is 0 Å².